The second kappa shape index (κ2) is 9.44. The van der Waals surface area contributed by atoms with Crippen LogP contribution >= 0.6 is 11.6 Å². The van der Waals surface area contributed by atoms with E-state index in [0.29, 0.717) is 17.6 Å². The smallest absolute Gasteiger partial charge is 0.193 e. The highest BCUT2D eigenvalue weighted by Gasteiger charge is 2.30. The van der Waals surface area contributed by atoms with Gasteiger partial charge in [0.2, 0.25) is 0 Å². The molecule has 7 heteroatoms. The molecule has 0 aromatic heterocycles. The molecule has 1 N–H and O–H groups in total. The maximum Gasteiger partial charge on any atom is 0.193 e. The molecule has 1 aromatic rings. The van der Waals surface area contributed by atoms with Crippen LogP contribution in [-0.4, -0.2) is 80.9 Å². The van der Waals surface area contributed by atoms with Gasteiger partial charge in [0.1, 0.15) is 11.9 Å². The van der Waals surface area contributed by atoms with Crippen molar-refractivity contribution in [3.8, 4) is 5.75 Å². The van der Waals surface area contributed by atoms with E-state index in [9.17, 15) is 0 Å². The summed E-state index contributed by atoms with van der Waals surface area (Å²) in [5.41, 5.74) is 0. The van der Waals surface area contributed by atoms with Gasteiger partial charge in [-0.15, -0.1) is 0 Å². The molecular weight excluding hydrogens is 352 g/mol. The summed E-state index contributed by atoms with van der Waals surface area (Å²) in [6, 6.07) is 8.09. The summed E-state index contributed by atoms with van der Waals surface area (Å²) in [5, 5.41) is 4.13. The Morgan fingerprint density at radius 3 is 2.92 bits per heavy atom. The van der Waals surface area contributed by atoms with E-state index in [1.54, 1.807) is 0 Å². The van der Waals surface area contributed by atoms with Crippen LogP contribution in [0.15, 0.2) is 29.3 Å². The molecule has 0 bridgehead atoms. The number of benzene rings is 1. The number of likely N-dealkylation sites (tertiary alicyclic amines) is 1. The molecule has 6 nitrogen and oxygen atoms in total. The van der Waals surface area contributed by atoms with E-state index in [4.69, 9.17) is 21.1 Å². The molecule has 0 spiro atoms. The lowest BCUT2D eigenvalue weighted by Gasteiger charge is -2.32. The number of nitrogens with one attached hydrogen (secondary N) is 1. The molecule has 2 heterocycles. The van der Waals surface area contributed by atoms with Gasteiger partial charge in [-0.1, -0.05) is 17.7 Å². The Morgan fingerprint density at radius 1 is 1.38 bits per heavy atom. The van der Waals surface area contributed by atoms with Crippen LogP contribution in [0.2, 0.25) is 5.02 Å². The van der Waals surface area contributed by atoms with Crippen LogP contribution in [0.4, 0.5) is 0 Å². The second-order valence-electron chi connectivity index (χ2n) is 6.85. The van der Waals surface area contributed by atoms with Crippen LogP contribution in [0.25, 0.3) is 0 Å². The van der Waals surface area contributed by atoms with Crippen molar-refractivity contribution in [2.75, 3.05) is 53.0 Å². The molecule has 0 amide bonds. The Kier molecular flexibility index (Phi) is 7.00. The fourth-order valence-electron chi connectivity index (χ4n) is 3.56. The van der Waals surface area contributed by atoms with Crippen LogP contribution in [0.1, 0.15) is 13.3 Å². The number of rotatable bonds is 5. The van der Waals surface area contributed by atoms with Crippen LogP contribution in [0, 0.1) is 0 Å². The fourth-order valence-corrected chi connectivity index (χ4v) is 3.74. The molecule has 2 fully saturated rings. The first-order valence-corrected chi connectivity index (χ1v) is 9.73. The first-order chi connectivity index (χ1) is 12.7. The third-order valence-corrected chi connectivity index (χ3v) is 5.15. The minimum atomic E-state index is 0.0165. The number of hydrogen-bond acceptors (Lipinski definition) is 4. The van der Waals surface area contributed by atoms with Crippen LogP contribution in [0.3, 0.4) is 0 Å². The Morgan fingerprint density at radius 2 is 2.19 bits per heavy atom. The molecule has 0 aliphatic carbocycles. The molecule has 0 saturated carbocycles. The van der Waals surface area contributed by atoms with Gasteiger partial charge < -0.3 is 19.7 Å². The molecule has 1 aromatic carbocycles. The zero-order chi connectivity index (χ0) is 18.4. The van der Waals surface area contributed by atoms with Crippen molar-refractivity contribution >= 4 is 17.6 Å². The first kappa shape index (κ1) is 19.3. The summed E-state index contributed by atoms with van der Waals surface area (Å²) in [6.45, 7) is 8.56. The molecule has 2 saturated heterocycles. The van der Waals surface area contributed by atoms with Gasteiger partial charge in [0, 0.05) is 44.3 Å². The lowest BCUT2D eigenvalue weighted by atomic mass is 10.2. The van der Waals surface area contributed by atoms with E-state index < -0.39 is 0 Å². The van der Waals surface area contributed by atoms with Crippen molar-refractivity contribution in [1.29, 1.82) is 0 Å². The second-order valence-corrected chi connectivity index (χ2v) is 7.29. The maximum absolute atomic E-state index is 6.01. The number of morpholine rings is 1. The van der Waals surface area contributed by atoms with E-state index in [2.05, 4.69) is 20.1 Å². The van der Waals surface area contributed by atoms with Gasteiger partial charge in [-0.25, -0.2) is 0 Å². The Bertz CT molecular complexity index is 607. The standard InChI is InChI=1S/C19H29ClN4O2/c1-15(26-18-5-3-4-16(20)12-18)13-22-19(21-2)24-7-6-17(14-24)23-8-10-25-11-9-23/h3-5,12,15,17H,6-11,13-14H2,1-2H3,(H,21,22). The summed E-state index contributed by atoms with van der Waals surface area (Å²) in [4.78, 5) is 9.34. The van der Waals surface area contributed by atoms with E-state index >= 15 is 0 Å². The predicted octanol–water partition coefficient (Wildman–Crippen LogP) is 2.09. The summed E-state index contributed by atoms with van der Waals surface area (Å²) in [5.74, 6) is 1.73. The quantitative estimate of drug-likeness (QED) is 0.626. The van der Waals surface area contributed by atoms with E-state index in [-0.39, 0.29) is 6.10 Å². The van der Waals surface area contributed by atoms with Crippen molar-refractivity contribution in [1.82, 2.24) is 15.1 Å². The monoisotopic (exact) mass is 380 g/mol. The van der Waals surface area contributed by atoms with Crippen LogP contribution in [0.5, 0.6) is 5.75 Å². The lowest BCUT2D eigenvalue weighted by molar-refractivity contribution is 0.0194. The van der Waals surface area contributed by atoms with Crippen molar-refractivity contribution in [2.45, 2.75) is 25.5 Å². The van der Waals surface area contributed by atoms with Crippen LogP contribution in [-0.2, 0) is 4.74 Å². The van der Waals surface area contributed by atoms with Crippen molar-refractivity contribution in [3.05, 3.63) is 29.3 Å². The lowest BCUT2D eigenvalue weighted by Crippen LogP contribution is -2.47. The van der Waals surface area contributed by atoms with Gasteiger partial charge >= 0.3 is 0 Å². The van der Waals surface area contributed by atoms with E-state index in [0.717, 1.165) is 51.1 Å². The third kappa shape index (κ3) is 5.25. The topological polar surface area (TPSA) is 49.3 Å². The van der Waals surface area contributed by atoms with Gasteiger partial charge in [0.15, 0.2) is 5.96 Å². The number of halogens is 1. The first-order valence-electron chi connectivity index (χ1n) is 9.35. The highest BCUT2D eigenvalue weighted by atomic mass is 35.5. The summed E-state index contributed by atoms with van der Waals surface area (Å²) in [6.07, 6.45) is 1.19. The molecule has 2 atom stereocenters. The average Bonchev–Trinajstić information content (AvgIpc) is 3.13. The SMILES string of the molecule is CN=C(NCC(C)Oc1cccc(Cl)c1)N1CCC(N2CCOCC2)C1. The third-order valence-electron chi connectivity index (χ3n) is 4.92. The van der Waals surface area contributed by atoms with Gasteiger partial charge in [-0.3, -0.25) is 9.89 Å². The Balaban J connectivity index is 1.45. The van der Waals surface area contributed by atoms with Crippen molar-refractivity contribution in [3.63, 3.8) is 0 Å². The number of aliphatic imine (C=N–C) groups is 1. The summed E-state index contributed by atoms with van der Waals surface area (Å²) >= 11 is 6.01. The number of guanidine groups is 1. The minimum Gasteiger partial charge on any atom is -0.489 e. The van der Waals surface area contributed by atoms with Gasteiger partial charge in [0.05, 0.1) is 19.8 Å². The molecule has 2 aliphatic rings. The fraction of sp³-hybridized carbons (Fsp3) is 0.632. The number of ether oxygens (including phenoxy) is 2. The largest absolute Gasteiger partial charge is 0.489 e. The van der Waals surface area contributed by atoms with Crippen LogP contribution < -0.4 is 10.1 Å². The van der Waals surface area contributed by atoms with E-state index in [1.807, 2.05) is 38.2 Å². The molecule has 144 valence electrons. The van der Waals surface area contributed by atoms with Gasteiger partial charge in [-0.05, 0) is 31.5 Å². The molecule has 2 aliphatic heterocycles. The average molecular weight is 381 g/mol. The summed E-state index contributed by atoms with van der Waals surface area (Å²) in [7, 11) is 1.84. The predicted molar refractivity (Wildman–Crippen MR) is 105 cm³/mol. The minimum absolute atomic E-state index is 0.0165. The number of hydrogen-bond donors (Lipinski definition) is 1. The van der Waals surface area contributed by atoms with Gasteiger partial charge in [0.25, 0.3) is 0 Å². The Labute approximate surface area is 161 Å². The zero-order valence-electron chi connectivity index (χ0n) is 15.7. The molecule has 3 rings (SSSR count). The number of nitrogens with zero attached hydrogens (tertiary/aromatic N) is 3. The van der Waals surface area contributed by atoms with Crippen molar-refractivity contribution in [2.24, 2.45) is 4.99 Å². The van der Waals surface area contributed by atoms with E-state index in [1.165, 1.54) is 6.42 Å². The van der Waals surface area contributed by atoms with Crippen molar-refractivity contribution < 1.29 is 9.47 Å². The highest BCUT2D eigenvalue weighted by Crippen LogP contribution is 2.19. The molecule has 0 radical (unpaired) electrons. The highest BCUT2D eigenvalue weighted by molar-refractivity contribution is 6.30. The Hall–Kier alpha value is -1.50. The molecule has 2 unspecified atom stereocenters. The summed E-state index contributed by atoms with van der Waals surface area (Å²) < 4.78 is 11.4. The molecule has 26 heavy (non-hydrogen) atoms. The maximum atomic E-state index is 6.01. The molecular formula is C19H29ClN4O2. The zero-order valence-corrected chi connectivity index (χ0v) is 16.4. The van der Waals surface area contributed by atoms with Gasteiger partial charge in [-0.2, -0.15) is 0 Å². The normalized spacial score (nSPS) is 23.1.